The third-order valence-corrected chi connectivity index (χ3v) is 4.00. The highest BCUT2D eigenvalue weighted by Gasteiger charge is 2.35. The van der Waals surface area contributed by atoms with Gasteiger partial charge in [0.2, 0.25) is 0 Å². The number of unbranched alkanes of at least 4 members (excludes halogenated alkanes) is 1. The van der Waals surface area contributed by atoms with Crippen LogP contribution in [0.15, 0.2) is 11.6 Å². The van der Waals surface area contributed by atoms with Crippen molar-refractivity contribution in [3.63, 3.8) is 0 Å². The van der Waals surface area contributed by atoms with E-state index in [1.165, 1.54) is 50.5 Å². The zero-order valence-electron chi connectivity index (χ0n) is 9.80. The molecule has 2 atom stereocenters. The van der Waals surface area contributed by atoms with Gasteiger partial charge >= 0.3 is 0 Å². The Labute approximate surface area is 92.9 Å². The second-order valence-electron chi connectivity index (χ2n) is 5.08. The first-order valence-electron chi connectivity index (χ1n) is 6.57. The lowest BCUT2D eigenvalue weighted by molar-refractivity contribution is -0.118. The van der Waals surface area contributed by atoms with Gasteiger partial charge in [-0.1, -0.05) is 38.2 Å². The van der Waals surface area contributed by atoms with E-state index in [0.717, 1.165) is 6.42 Å². The summed E-state index contributed by atoms with van der Waals surface area (Å²) in [7, 11) is 0. The highest BCUT2D eigenvalue weighted by molar-refractivity contribution is 5.95. The van der Waals surface area contributed by atoms with Crippen LogP contribution in [0.3, 0.4) is 0 Å². The number of ketones is 1. The lowest BCUT2D eigenvalue weighted by Gasteiger charge is -2.18. The van der Waals surface area contributed by atoms with E-state index in [1.54, 1.807) is 0 Å². The Morgan fingerprint density at radius 2 is 1.93 bits per heavy atom. The summed E-state index contributed by atoms with van der Waals surface area (Å²) in [6.07, 6.45) is 12.0. The van der Waals surface area contributed by atoms with Crippen LogP contribution in [0.2, 0.25) is 0 Å². The third kappa shape index (κ3) is 2.32. The Bertz CT molecular complexity index is 265. The Hall–Kier alpha value is -0.590. The van der Waals surface area contributed by atoms with Crippen molar-refractivity contribution in [1.82, 2.24) is 0 Å². The molecule has 0 unspecified atom stereocenters. The van der Waals surface area contributed by atoms with Gasteiger partial charge in [0.05, 0.1) is 0 Å². The molecule has 1 heteroatoms. The van der Waals surface area contributed by atoms with Gasteiger partial charge in [0.1, 0.15) is 0 Å². The highest BCUT2D eigenvalue weighted by atomic mass is 16.1. The molecule has 0 heterocycles. The molecule has 1 nitrogen and oxygen atoms in total. The van der Waals surface area contributed by atoms with Gasteiger partial charge in [-0.05, 0) is 37.7 Å². The Morgan fingerprint density at radius 3 is 2.67 bits per heavy atom. The highest BCUT2D eigenvalue weighted by Crippen LogP contribution is 2.41. The standard InChI is InChI=1S/C14H22O/c1-2-3-7-11-10-14(15)13-9-6-4-5-8-12(11)13/h10,12-13H,2-9H2,1H3/t12-,13-/m1/s1. The van der Waals surface area contributed by atoms with Crippen molar-refractivity contribution in [2.45, 2.75) is 58.3 Å². The number of carbonyl (C=O) groups excluding carboxylic acids is 1. The monoisotopic (exact) mass is 206 g/mol. The molecular formula is C14H22O. The molecule has 84 valence electrons. The second kappa shape index (κ2) is 4.96. The summed E-state index contributed by atoms with van der Waals surface area (Å²) in [6.45, 7) is 2.22. The number of carbonyl (C=O) groups is 1. The average molecular weight is 206 g/mol. The molecule has 0 aliphatic heterocycles. The summed E-state index contributed by atoms with van der Waals surface area (Å²) in [6, 6.07) is 0. The van der Waals surface area contributed by atoms with Gasteiger partial charge in [-0.2, -0.15) is 0 Å². The lowest BCUT2D eigenvalue weighted by atomic mass is 9.85. The quantitative estimate of drug-likeness (QED) is 0.685. The van der Waals surface area contributed by atoms with Crippen LogP contribution < -0.4 is 0 Å². The minimum Gasteiger partial charge on any atom is -0.295 e. The average Bonchev–Trinajstić information content (AvgIpc) is 2.45. The molecule has 0 spiro atoms. The maximum Gasteiger partial charge on any atom is 0.159 e. The molecule has 2 aliphatic rings. The van der Waals surface area contributed by atoms with E-state index in [2.05, 4.69) is 6.92 Å². The van der Waals surface area contributed by atoms with Crippen LogP contribution in [0.4, 0.5) is 0 Å². The number of fused-ring (bicyclic) bond motifs is 1. The minimum absolute atomic E-state index is 0.374. The van der Waals surface area contributed by atoms with E-state index in [-0.39, 0.29) is 0 Å². The van der Waals surface area contributed by atoms with E-state index in [4.69, 9.17) is 0 Å². The van der Waals surface area contributed by atoms with E-state index in [9.17, 15) is 4.79 Å². The molecular weight excluding hydrogens is 184 g/mol. The molecule has 0 aromatic rings. The molecule has 1 fully saturated rings. The molecule has 15 heavy (non-hydrogen) atoms. The van der Waals surface area contributed by atoms with Crippen LogP contribution in [-0.2, 0) is 4.79 Å². The predicted molar refractivity (Wildman–Crippen MR) is 62.7 cm³/mol. The van der Waals surface area contributed by atoms with Gasteiger partial charge in [0.25, 0.3) is 0 Å². The van der Waals surface area contributed by atoms with Gasteiger partial charge < -0.3 is 0 Å². The maximum atomic E-state index is 11.9. The van der Waals surface area contributed by atoms with Gasteiger partial charge in [0, 0.05) is 5.92 Å². The van der Waals surface area contributed by atoms with Gasteiger partial charge in [-0.25, -0.2) is 0 Å². The Balaban J connectivity index is 2.04. The fraction of sp³-hybridized carbons (Fsp3) is 0.786. The van der Waals surface area contributed by atoms with Crippen molar-refractivity contribution in [2.24, 2.45) is 11.8 Å². The largest absolute Gasteiger partial charge is 0.295 e. The summed E-state index contributed by atoms with van der Waals surface area (Å²) in [5, 5.41) is 0. The SMILES string of the molecule is CCCCC1=CC(=O)[C@@H]2CCCCC[C@H]12. The molecule has 0 saturated heterocycles. The van der Waals surface area contributed by atoms with Gasteiger partial charge in [-0.15, -0.1) is 0 Å². The number of hydrogen-bond donors (Lipinski definition) is 0. The maximum absolute atomic E-state index is 11.9. The van der Waals surface area contributed by atoms with E-state index in [0.29, 0.717) is 17.6 Å². The van der Waals surface area contributed by atoms with Gasteiger partial charge in [0.15, 0.2) is 5.78 Å². The molecule has 0 N–H and O–H groups in total. The predicted octanol–water partition coefficient (Wildman–Crippen LogP) is 3.88. The van der Waals surface area contributed by atoms with Crippen LogP contribution >= 0.6 is 0 Å². The smallest absolute Gasteiger partial charge is 0.159 e. The molecule has 0 aromatic carbocycles. The van der Waals surface area contributed by atoms with Crippen molar-refractivity contribution >= 4 is 5.78 Å². The fourth-order valence-corrected chi connectivity index (χ4v) is 3.13. The van der Waals surface area contributed by atoms with E-state index < -0.39 is 0 Å². The van der Waals surface area contributed by atoms with Crippen molar-refractivity contribution in [3.8, 4) is 0 Å². The normalized spacial score (nSPS) is 31.0. The summed E-state index contributed by atoms with van der Waals surface area (Å²) in [5.41, 5.74) is 1.48. The zero-order chi connectivity index (χ0) is 10.7. The fourth-order valence-electron chi connectivity index (χ4n) is 3.13. The van der Waals surface area contributed by atoms with Crippen LogP contribution in [0.5, 0.6) is 0 Å². The Morgan fingerprint density at radius 1 is 1.20 bits per heavy atom. The zero-order valence-corrected chi connectivity index (χ0v) is 9.80. The van der Waals surface area contributed by atoms with Crippen LogP contribution in [0, 0.1) is 11.8 Å². The topological polar surface area (TPSA) is 17.1 Å². The van der Waals surface area contributed by atoms with E-state index in [1.807, 2.05) is 6.08 Å². The van der Waals surface area contributed by atoms with Crippen LogP contribution in [0.1, 0.15) is 58.3 Å². The van der Waals surface area contributed by atoms with Gasteiger partial charge in [-0.3, -0.25) is 4.79 Å². The first kappa shape index (κ1) is 10.9. The van der Waals surface area contributed by atoms with Crippen LogP contribution in [-0.4, -0.2) is 5.78 Å². The molecule has 1 saturated carbocycles. The molecule has 0 aromatic heterocycles. The lowest BCUT2D eigenvalue weighted by Crippen LogP contribution is -2.15. The molecule has 2 aliphatic carbocycles. The van der Waals surface area contributed by atoms with E-state index >= 15 is 0 Å². The molecule has 0 radical (unpaired) electrons. The first-order chi connectivity index (χ1) is 7.33. The van der Waals surface area contributed by atoms with Crippen LogP contribution in [0.25, 0.3) is 0 Å². The molecule has 2 rings (SSSR count). The molecule has 0 amide bonds. The minimum atomic E-state index is 0.374. The Kier molecular flexibility index (Phi) is 3.61. The summed E-state index contributed by atoms with van der Waals surface area (Å²) in [5.74, 6) is 1.44. The number of allylic oxidation sites excluding steroid dienone is 2. The molecule has 0 bridgehead atoms. The first-order valence-corrected chi connectivity index (χ1v) is 6.57. The van der Waals surface area contributed by atoms with Crippen molar-refractivity contribution in [2.75, 3.05) is 0 Å². The summed E-state index contributed by atoms with van der Waals surface area (Å²) in [4.78, 5) is 11.9. The van der Waals surface area contributed by atoms with Crippen molar-refractivity contribution < 1.29 is 4.79 Å². The summed E-state index contributed by atoms with van der Waals surface area (Å²) < 4.78 is 0. The second-order valence-corrected chi connectivity index (χ2v) is 5.08. The number of hydrogen-bond acceptors (Lipinski definition) is 1. The van der Waals surface area contributed by atoms with Crippen molar-refractivity contribution in [3.05, 3.63) is 11.6 Å². The third-order valence-electron chi connectivity index (χ3n) is 4.00. The number of rotatable bonds is 3. The summed E-state index contributed by atoms with van der Waals surface area (Å²) >= 11 is 0. The van der Waals surface area contributed by atoms with Crippen molar-refractivity contribution in [1.29, 1.82) is 0 Å².